The molecule has 1 rings (SSSR count). The number of nitrogens with zero attached hydrogens (tertiary/aromatic N) is 1. The highest BCUT2D eigenvalue weighted by molar-refractivity contribution is 5.67. The van der Waals surface area contributed by atoms with Crippen molar-refractivity contribution in [2.45, 2.75) is 20.0 Å². The molecule has 0 amide bonds. The lowest BCUT2D eigenvalue weighted by atomic mass is 10.3. The van der Waals surface area contributed by atoms with E-state index >= 15 is 0 Å². The zero-order chi connectivity index (χ0) is 15.8. The number of ether oxygens (including phenoxy) is 3. The van der Waals surface area contributed by atoms with E-state index in [9.17, 15) is 19.7 Å². The number of non-ortho nitro benzene ring substituents is 1. The molecule has 0 fully saturated rings. The highest BCUT2D eigenvalue weighted by Crippen LogP contribution is 2.17. The fraction of sp³-hybridized carbons (Fsp3) is 0.385. The molecular formula is C13H15NO7. The van der Waals surface area contributed by atoms with E-state index in [1.807, 2.05) is 0 Å². The minimum atomic E-state index is -0.749. The Bertz CT molecular complexity index is 512. The predicted molar refractivity (Wildman–Crippen MR) is 70.8 cm³/mol. The summed E-state index contributed by atoms with van der Waals surface area (Å²) in [5, 5.41) is 10.5. The van der Waals surface area contributed by atoms with E-state index in [0.29, 0.717) is 5.75 Å². The molecule has 1 atom stereocenters. The topological polar surface area (TPSA) is 105 Å². The Morgan fingerprint density at radius 2 is 1.76 bits per heavy atom. The first-order chi connectivity index (χ1) is 9.88. The van der Waals surface area contributed by atoms with Gasteiger partial charge >= 0.3 is 11.9 Å². The van der Waals surface area contributed by atoms with Crippen LogP contribution in [-0.4, -0.2) is 36.2 Å². The maximum Gasteiger partial charge on any atom is 0.303 e. The van der Waals surface area contributed by atoms with Crippen molar-refractivity contribution in [3.63, 3.8) is 0 Å². The average Bonchev–Trinajstić information content (AvgIpc) is 2.41. The van der Waals surface area contributed by atoms with Gasteiger partial charge in [0.15, 0.2) is 6.10 Å². The molecule has 0 spiro atoms. The highest BCUT2D eigenvalue weighted by atomic mass is 16.6. The highest BCUT2D eigenvalue weighted by Gasteiger charge is 2.15. The lowest BCUT2D eigenvalue weighted by Gasteiger charge is -2.17. The summed E-state index contributed by atoms with van der Waals surface area (Å²) < 4.78 is 15.0. The number of benzene rings is 1. The molecule has 8 heteroatoms. The zero-order valence-electron chi connectivity index (χ0n) is 11.6. The molecule has 1 aromatic rings. The molecule has 0 saturated carbocycles. The van der Waals surface area contributed by atoms with E-state index < -0.39 is 23.0 Å². The standard InChI is InChI=1S/C13H15NO7/c1-9(15)19-7-13(21-10(2)16)8-20-12-5-3-11(4-6-12)14(17)18/h3-6,13H,7-8H2,1-2H3. The maximum absolute atomic E-state index is 10.9. The van der Waals surface area contributed by atoms with Gasteiger partial charge in [-0.05, 0) is 12.1 Å². The summed E-state index contributed by atoms with van der Waals surface area (Å²) in [6.07, 6.45) is -0.749. The van der Waals surface area contributed by atoms with Crippen LogP contribution in [0.25, 0.3) is 0 Å². The van der Waals surface area contributed by atoms with Crippen LogP contribution in [-0.2, 0) is 19.1 Å². The van der Waals surface area contributed by atoms with Crippen molar-refractivity contribution in [3.8, 4) is 5.75 Å². The van der Waals surface area contributed by atoms with Crippen LogP contribution in [0, 0.1) is 10.1 Å². The number of rotatable bonds is 7. The van der Waals surface area contributed by atoms with Gasteiger partial charge in [0, 0.05) is 26.0 Å². The van der Waals surface area contributed by atoms with Crippen molar-refractivity contribution in [1.82, 2.24) is 0 Å². The number of esters is 2. The SMILES string of the molecule is CC(=O)OCC(COc1ccc([N+](=O)[O-])cc1)OC(C)=O. The van der Waals surface area contributed by atoms with E-state index in [1.54, 1.807) is 0 Å². The molecule has 0 aromatic heterocycles. The molecule has 0 heterocycles. The number of hydrogen-bond donors (Lipinski definition) is 0. The first kappa shape index (κ1) is 16.4. The van der Waals surface area contributed by atoms with Crippen LogP contribution in [0.4, 0.5) is 5.69 Å². The summed E-state index contributed by atoms with van der Waals surface area (Å²) in [5.74, 6) is -0.650. The van der Waals surface area contributed by atoms with Crippen LogP contribution in [0.15, 0.2) is 24.3 Å². The molecule has 1 aromatic carbocycles. The van der Waals surface area contributed by atoms with Crippen molar-refractivity contribution < 1.29 is 28.7 Å². The van der Waals surface area contributed by atoms with Gasteiger partial charge in [-0.3, -0.25) is 19.7 Å². The van der Waals surface area contributed by atoms with Gasteiger partial charge in [0.25, 0.3) is 5.69 Å². The van der Waals surface area contributed by atoms with E-state index in [4.69, 9.17) is 14.2 Å². The fourth-order valence-corrected chi connectivity index (χ4v) is 1.41. The minimum Gasteiger partial charge on any atom is -0.490 e. The number of carbonyl (C=O) groups excluding carboxylic acids is 2. The lowest BCUT2D eigenvalue weighted by molar-refractivity contribution is -0.384. The molecule has 1 unspecified atom stereocenters. The Labute approximate surface area is 120 Å². The second-order valence-electron chi connectivity index (χ2n) is 4.10. The van der Waals surface area contributed by atoms with E-state index in [-0.39, 0.29) is 18.9 Å². The Balaban J connectivity index is 2.56. The lowest BCUT2D eigenvalue weighted by Crippen LogP contribution is -2.29. The Hall–Kier alpha value is -2.64. The predicted octanol–water partition coefficient (Wildman–Crippen LogP) is 1.47. The second kappa shape index (κ2) is 7.83. The van der Waals surface area contributed by atoms with Crippen molar-refractivity contribution in [2.75, 3.05) is 13.2 Å². The van der Waals surface area contributed by atoms with Gasteiger partial charge in [0.2, 0.25) is 0 Å². The Morgan fingerprint density at radius 1 is 1.14 bits per heavy atom. The zero-order valence-corrected chi connectivity index (χ0v) is 11.6. The van der Waals surface area contributed by atoms with Crippen molar-refractivity contribution in [3.05, 3.63) is 34.4 Å². The van der Waals surface area contributed by atoms with Crippen LogP contribution in [0.5, 0.6) is 5.75 Å². The normalized spacial score (nSPS) is 11.3. The number of nitro benzene ring substituents is 1. The number of nitro groups is 1. The average molecular weight is 297 g/mol. The van der Waals surface area contributed by atoms with Crippen LogP contribution in [0.3, 0.4) is 0 Å². The smallest absolute Gasteiger partial charge is 0.303 e. The van der Waals surface area contributed by atoms with Gasteiger partial charge in [-0.15, -0.1) is 0 Å². The number of hydrogen-bond acceptors (Lipinski definition) is 7. The second-order valence-corrected chi connectivity index (χ2v) is 4.10. The first-order valence-corrected chi connectivity index (χ1v) is 6.06. The van der Waals surface area contributed by atoms with Gasteiger partial charge in [-0.1, -0.05) is 0 Å². The molecular weight excluding hydrogens is 282 g/mol. The van der Waals surface area contributed by atoms with Gasteiger partial charge < -0.3 is 14.2 Å². The summed E-state index contributed by atoms with van der Waals surface area (Å²) >= 11 is 0. The third kappa shape index (κ3) is 6.37. The van der Waals surface area contributed by atoms with Crippen LogP contribution in [0.2, 0.25) is 0 Å². The molecule has 0 saturated heterocycles. The minimum absolute atomic E-state index is 0.0370. The summed E-state index contributed by atoms with van der Waals surface area (Å²) in [7, 11) is 0. The molecule has 21 heavy (non-hydrogen) atoms. The van der Waals surface area contributed by atoms with Crippen LogP contribution >= 0.6 is 0 Å². The van der Waals surface area contributed by atoms with Crippen molar-refractivity contribution in [2.24, 2.45) is 0 Å². The third-order valence-corrected chi connectivity index (χ3v) is 2.29. The van der Waals surface area contributed by atoms with Gasteiger partial charge in [0.1, 0.15) is 19.0 Å². The van der Waals surface area contributed by atoms with Crippen LogP contribution in [0.1, 0.15) is 13.8 Å². The summed E-state index contributed by atoms with van der Waals surface area (Å²) in [4.78, 5) is 31.7. The summed E-state index contributed by atoms with van der Waals surface area (Å²) in [5.41, 5.74) is -0.0567. The van der Waals surface area contributed by atoms with Crippen LogP contribution < -0.4 is 4.74 Å². The van der Waals surface area contributed by atoms with Gasteiger partial charge in [0.05, 0.1) is 4.92 Å². The maximum atomic E-state index is 10.9. The van der Waals surface area contributed by atoms with Gasteiger partial charge in [-0.25, -0.2) is 0 Å². The van der Waals surface area contributed by atoms with Crippen molar-refractivity contribution in [1.29, 1.82) is 0 Å². The molecule has 8 nitrogen and oxygen atoms in total. The molecule has 0 bridgehead atoms. The number of carbonyl (C=O) groups is 2. The summed E-state index contributed by atoms with van der Waals surface area (Å²) in [6, 6.07) is 5.44. The molecule has 0 radical (unpaired) electrons. The molecule has 0 N–H and O–H groups in total. The van der Waals surface area contributed by atoms with Crippen molar-refractivity contribution >= 4 is 17.6 Å². The molecule has 114 valence electrons. The fourth-order valence-electron chi connectivity index (χ4n) is 1.41. The van der Waals surface area contributed by atoms with Gasteiger partial charge in [-0.2, -0.15) is 0 Å². The first-order valence-electron chi connectivity index (χ1n) is 6.06. The molecule has 0 aliphatic carbocycles. The Kier molecular flexibility index (Phi) is 6.12. The van der Waals surface area contributed by atoms with E-state index in [2.05, 4.69) is 0 Å². The van der Waals surface area contributed by atoms with E-state index in [1.165, 1.54) is 38.1 Å². The molecule has 0 aliphatic rings. The largest absolute Gasteiger partial charge is 0.490 e. The monoisotopic (exact) mass is 297 g/mol. The third-order valence-electron chi connectivity index (χ3n) is 2.29. The summed E-state index contributed by atoms with van der Waals surface area (Å²) in [6.45, 7) is 2.31. The quantitative estimate of drug-likeness (QED) is 0.426. The van der Waals surface area contributed by atoms with E-state index in [0.717, 1.165) is 0 Å². The molecule has 0 aliphatic heterocycles. The Morgan fingerprint density at radius 3 is 2.24 bits per heavy atom.